The van der Waals surface area contributed by atoms with Crippen molar-refractivity contribution in [3.8, 4) is 0 Å². The van der Waals surface area contributed by atoms with Gasteiger partial charge < -0.3 is 4.90 Å². The van der Waals surface area contributed by atoms with Gasteiger partial charge in [0.25, 0.3) is 5.91 Å². The monoisotopic (exact) mass is 380 g/mol. The maximum atomic E-state index is 13.5. The highest BCUT2D eigenvalue weighted by molar-refractivity contribution is 5.93. The molecule has 6 rings (SSSR count). The van der Waals surface area contributed by atoms with Gasteiger partial charge in [-0.25, -0.2) is 14.4 Å². The fourth-order valence-electron chi connectivity index (χ4n) is 5.63. The van der Waals surface area contributed by atoms with Crippen LogP contribution in [0.25, 0.3) is 0 Å². The lowest BCUT2D eigenvalue weighted by molar-refractivity contribution is -0.00359. The van der Waals surface area contributed by atoms with Gasteiger partial charge in [0, 0.05) is 24.2 Å². The molecule has 1 aromatic heterocycles. The summed E-state index contributed by atoms with van der Waals surface area (Å²) in [5.74, 6) is 1.16. The highest BCUT2D eigenvalue weighted by atomic mass is 19.1. The van der Waals surface area contributed by atoms with Gasteiger partial charge in [0.15, 0.2) is 0 Å². The van der Waals surface area contributed by atoms with Gasteiger partial charge in [0.2, 0.25) is 0 Å². The predicted molar refractivity (Wildman–Crippen MR) is 104 cm³/mol. The second-order valence-electron chi connectivity index (χ2n) is 8.41. The Bertz CT molecular complexity index is 887. The van der Waals surface area contributed by atoms with Gasteiger partial charge >= 0.3 is 0 Å². The zero-order valence-electron chi connectivity index (χ0n) is 16.3. The van der Waals surface area contributed by atoms with Crippen molar-refractivity contribution in [3.63, 3.8) is 0 Å². The van der Waals surface area contributed by atoms with Crippen LogP contribution in [-0.2, 0) is 0 Å². The largest absolute Gasteiger partial charge is 0.332 e. The lowest BCUT2D eigenvalue weighted by Gasteiger charge is -2.51. The second kappa shape index (κ2) is 6.62. The van der Waals surface area contributed by atoms with Gasteiger partial charge in [-0.3, -0.25) is 9.69 Å². The van der Waals surface area contributed by atoms with Crippen LogP contribution >= 0.6 is 0 Å². The van der Waals surface area contributed by atoms with E-state index in [4.69, 9.17) is 0 Å². The van der Waals surface area contributed by atoms with Crippen molar-refractivity contribution in [2.75, 3.05) is 19.6 Å². The minimum absolute atomic E-state index is 0.00182. The Morgan fingerprint density at radius 3 is 2.46 bits per heavy atom. The van der Waals surface area contributed by atoms with Gasteiger partial charge in [-0.15, -0.1) is 0 Å². The average Bonchev–Trinajstić information content (AvgIpc) is 3.11. The molecule has 0 radical (unpaired) electrons. The third kappa shape index (κ3) is 2.82. The van der Waals surface area contributed by atoms with Gasteiger partial charge in [-0.2, -0.15) is 0 Å². The minimum atomic E-state index is -0.219. The summed E-state index contributed by atoms with van der Waals surface area (Å²) in [4.78, 5) is 26.8. The molecule has 4 fully saturated rings. The molecule has 5 nitrogen and oxygen atoms in total. The van der Waals surface area contributed by atoms with E-state index < -0.39 is 0 Å². The first-order valence-corrected chi connectivity index (χ1v) is 10.1. The number of amides is 1. The Morgan fingerprint density at radius 1 is 1.07 bits per heavy atom. The number of nitrogens with zero attached hydrogens (tertiary/aromatic N) is 4. The average molecular weight is 380 g/mol. The van der Waals surface area contributed by atoms with Crippen molar-refractivity contribution in [2.45, 2.75) is 44.7 Å². The summed E-state index contributed by atoms with van der Waals surface area (Å²) in [5.41, 5.74) is 2.42. The van der Waals surface area contributed by atoms with Crippen LogP contribution in [0.4, 0.5) is 4.39 Å². The smallest absolute Gasteiger partial charge is 0.272 e. The first-order valence-electron chi connectivity index (χ1n) is 10.1. The molecule has 0 unspecified atom stereocenters. The Kier molecular flexibility index (Phi) is 4.19. The number of carbonyl (C=O) groups is 1. The molecule has 146 valence electrons. The van der Waals surface area contributed by atoms with Gasteiger partial charge in [-0.1, -0.05) is 12.1 Å². The summed E-state index contributed by atoms with van der Waals surface area (Å²) >= 11 is 0. The Hall–Kier alpha value is -2.34. The molecule has 3 atom stereocenters. The van der Waals surface area contributed by atoms with Gasteiger partial charge in [0.05, 0.1) is 6.04 Å². The highest BCUT2D eigenvalue weighted by Crippen LogP contribution is 2.46. The minimum Gasteiger partial charge on any atom is -0.332 e. The second-order valence-corrected chi connectivity index (χ2v) is 8.41. The van der Waals surface area contributed by atoms with E-state index in [1.54, 1.807) is 6.07 Å². The van der Waals surface area contributed by atoms with Crippen molar-refractivity contribution in [1.29, 1.82) is 0 Å². The van der Waals surface area contributed by atoms with Gasteiger partial charge in [-0.05, 0) is 69.5 Å². The molecule has 1 amide bonds. The third-order valence-electron chi connectivity index (χ3n) is 6.74. The van der Waals surface area contributed by atoms with Crippen molar-refractivity contribution < 1.29 is 9.18 Å². The maximum absolute atomic E-state index is 13.5. The number of benzene rings is 1. The molecule has 0 aliphatic carbocycles. The van der Waals surface area contributed by atoms with E-state index in [2.05, 4.69) is 19.8 Å². The molecule has 0 spiro atoms. The van der Waals surface area contributed by atoms with Crippen LogP contribution in [0.15, 0.2) is 30.3 Å². The Morgan fingerprint density at radius 2 is 1.79 bits per heavy atom. The molecule has 1 aromatic carbocycles. The zero-order valence-corrected chi connectivity index (χ0v) is 16.3. The van der Waals surface area contributed by atoms with Crippen LogP contribution in [0.2, 0.25) is 0 Å². The number of carbonyl (C=O) groups excluding carboxylic acids is 1. The maximum Gasteiger partial charge on any atom is 0.272 e. The molecule has 4 aliphatic heterocycles. The van der Waals surface area contributed by atoms with Crippen LogP contribution in [0, 0.1) is 25.6 Å². The molecule has 4 aliphatic rings. The Balaban J connectivity index is 1.53. The summed E-state index contributed by atoms with van der Waals surface area (Å²) in [5, 5.41) is 0. The topological polar surface area (TPSA) is 49.3 Å². The standard InChI is InChI=1S/C22H25FN4O/c1-13-11-19(25-14(2)24-13)22(28)27-12-18(15-3-5-17(23)6-4-15)21-20(27)16-7-9-26(21)10-8-16/h3-6,11,16,18,20-21H,7-10,12H2,1-2H3/t18-,20+,21+/m0/s1. The predicted octanol–water partition coefficient (Wildman–Crippen LogP) is 2.93. The molecule has 0 N–H and O–H groups in total. The summed E-state index contributed by atoms with van der Waals surface area (Å²) in [7, 11) is 0. The summed E-state index contributed by atoms with van der Waals surface area (Å²) in [6.45, 7) is 6.57. The van der Waals surface area contributed by atoms with E-state index in [9.17, 15) is 9.18 Å². The summed E-state index contributed by atoms with van der Waals surface area (Å²) < 4.78 is 13.5. The normalized spacial score (nSPS) is 31.1. The van der Waals surface area contributed by atoms with E-state index in [-0.39, 0.29) is 23.7 Å². The number of aromatic nitrogens is 2. The van der Waals surface area contributed by atoms with Crippen molar-refractivity contribution in [2.24, 2.45) is 5.92 Å². The molecule has 2 aromatic rings. The molecule has 2 bridgehead atoms. The van der Waals surface area contributed by atoms with Gasteiger partial charge in [0.1, 0.15) is 17.3 Å². The number of hydrogen-bond acceptors (Lipinski definition) is 4. The van der Waals surface area contributed by atoms with E-state index in [0.717, 1.165) is 37.2 Å². The number of rotatable bonds is 2. The summed E-state index contributed by atoms with van der Waals surface area (Å²) in [6, 6.07) is 9.13. The number of piperidine rings is 3. The molecular formula is C22H25FN4O. The van der Waals surface area contributed by atoms with Crippen LogP contribution in [0.3, 0.4) is 0 Å². The van der Waals surface area contributed by atoms with Crippen molar-refractivity contribution in [1.82, 2.24) is 19.8 Å². The SMILES string of the molecule is Cc1cc(C(=O)N2C[C@@H](c3ccc(F)cc3)[C@@H]3[C@H]2C2CCN3CC2)nc(C)n1. The van der Waals surface area contributed by atoms with Crippen molar-refractivity contribution in [3.05, 3.63) is 58.9 Å². The quantitative estimate of drug-likeness (QED) is 0.804. The molecule has 4 saturated heterocycles. The van der Waals surface area contributed by atoms with Crippen LogP contribution in [0.5, 0.6) is 0 Å². The highest BCUT2D eigenvalue weighted by Gasteiger charge is 2.54. The molecule has 28 heavy (non-hydrogen) atoms. The van der Waals surface area contributed by atoms with E-state index in [1.807, 2.05) is 26.0 Å². The number of halogens is 1. The number of fused-ring (bicyclic) bond motifs is 2. The Labute approximate surface area is 164 Å². The number of likely N-dealkylation sites (tertiary alicyclic amines) is 1. The zero-order chi connectivity index (χ0) is 19.4. The number of aryl methyl sites for hydroxylation is 2. The van der Waals surface area contributed by atoms with Crippen LogP contribution < -0.4 is 0 Å². The van der Waals surface area contributed by atoms with Crippen molar-refractivity contribution >= 4 is 5.91 Å². The molecular weight excluding hydrogens is 355 g/mol. The third-order valence-corrected chi connectivity index (χ3v) is 6.74. The van der Waals surface area contributed by atoms with E-state index in [0.29, 0.717) is 30.0 Å². The van der Waals surface area contributed by atoms with E-state index >= 15 is 0 Å². The summed E-state index contributed by atoms with van der Waals surface area (Å²) in [6.07, 6.45) is 2.28. The fraction of sp³-hybridized carbons (Fsp3) is 0.500. The van der Waals surface area contributed by atoms with Crippen LogP contribution in [0.1, 0.15) is 46.3 Å². The van der Waals surface area contributed by atoms with E-state index in [1.165, 1.54) is 12.1 Å². The number of hydrogen-bond donors (Lipinski definition) is 0. The lowest BCUT2D eigenvalue weighted by Crippen LogP contribution is -2.60. The first kappa shape index (κ1) is 17.7. The first-order chi connectivity index (χ1) is 13.5. The molecule has 0 saturated carbocycles. The molecule has 6 heteroatoms. The lowest BCUT2D eigenvalue weighted by atomic mass is 9.75. The molecule has 5 heterocycles. The fourth-order valence-corrected chi connectivity index (χ4v) is 5.63. The van der Waals surface area contributed by atoms with Crippen LogP contribution in [-0.4, -0.2) is 57.4 Å².